The molecule has 1 aromatic carbocycles. The van der Waals surface area contributed by atoms with Crippen LogP contribution in [0.1, 0.15) is 30.5 Å². The number of aliphatic hydroxyl groups is 1. The first kappa shape index (κ1) is 15.5. The summed E-state index contributed by atoms with van der Waals surface area (Å²) in [5, 5.41) is 18.1. The highest BCUT2D eigenvalue weighted by atomic mass is 32.2. The Morgan fingerprint density at radius 3 is 3.09 bits per heavy atom. The van der Waals surface area contributed by atoms with Gasteiger partial charge in [0.2, 0.25) is 0 Å². The van der Waals surface area contributed by atoms with Crippen molar-refractivity contribution in [1.82, 2.24) is 15.1 Å². The van der Waals surface area contributed by atoms with Gasteiger partial charge in [0.25, 0.3) is 0 Å². The standard InChI is InChI=1S/C16H20FN3OS/c1-16(21,11-8-19-20(2)9-11)10-18-14-5-6-22-15-4-3-12(17)7-13(14)15/h3-4,7-9,14,18,21H,5-6,10H2,1-2H3. The van der Waals surface area contributed by atoms with Crippen LogP contribution in [0.15, 0.2) is 35.5 Å². The van der Waals surface area contributed by atoms with Gasteiger partial charge in [-0.15, -0.1) is 11.8 Å². The number of nitrogens with zero attached hydrogens (tertiary/aromatic N) is 2. The number of fused-ring (bicyclic) bond motifs is 1. The van der Waals surface area contributed by atoms with Gasteiger partial charge in [0, 0.05) is 36.3 Å². The fraction of sp³-hybridized carbons (Fsp3) is 0.438. The minimum atomic E-state index is -1.01. The second-order valence-electron chi connectivity index (χ2n) is 5.93. The summed E-state index contributed by atoms with van der Waals surface area (Å²) >= 11 is 1.75. The van der Waals surface area contributed by atoms with E-state index in [1.165, 1.54) is 6.07 Å². The van der Waals surface area contributed by atoms with E-state index in [0.717, 1.165) is 28.2 Å². The van der Waals surface area contributed by atoms with Gasteiger partial charge in [-0.1, -0.05) is 0 Å². The molecule has 0 fully saturated rings. The Kier molecular flexibility index (Phi) is 4.25. The molecule has 1 aliphatic heterocycles. The third-order valence-electron chi connectivity index (χ3n) is 4.03. The molecule has 2 unspecified atom stereocenters. The zero-order chi connectivity index (χ0) is 15.7. The first-order valence-electron chi connectivity index (χ1n) is 7.33. The Bertz CT molecular complexity index is 671. The highest BCUT2D eigenvalue weighted by Gasteiger charge is 2.28. The summed E-state index contributed by atoms with van der Waals surface area (Å²) in [5.74, 6) is 0.776. The van der Waals surface area contributed by atoms with Gasteiger partial charge >= 0.3 is 0 Å². The van der Waals surface area contributed by atoms with Gasteiger partial charge in [0.05, 0.1) is 6.20 Å². The maximum Gasteiger partial charge on any atom is 0.123 e. The highest BCUT2D eigenvalue weighted by molar-refractivity contribution is 7.99. The van der Waals surface area contributed by atoms with Gasteiger partial charge in [-0.25, -0.2) is 4.39 Å². The number of halogens is 1. The van der Waals surface area contributed by atoms with Crippen LogP contribution >= 0.6 is 11.8 Å². The Hall–Kier alpha value is -1.37. The molecular weight excluding hydrogens is 301 g/mol. The van der Waals surface area contributed by atoms with Crippen molar-refractivity contribution < 1.29 is 9.50 Å². The molecule has 0 radical (unpaired) electrons. The first-order valence-corrected chi connectivity index (χ1v) is 8.31. The third kappa shape index (κ3) is 3.19. The largest absolute Gasteiger partial charge is 0.384 e. The lowest BCUT2D eigenvalue weighted by atomic mass is 9.97. The Balaban J connectivity index is 1.74. The number of aryl methyl sites for hydroxylation is 1. The van der Waals surface area contributed by atoms with Crippen molar-refractivity contribution in [2.24, 2.45) is 7.05 Å². The van der Waals surface area contributed by atoms with Crippen LogP contribution in [0.5, 0.6) is 0 Å². The van der Waals surface area contributed by atoms with Gasteiger partial charge in [0.1, 0.15) is 11.4 Å². The number of hydrogen-bond acceptors (Lipinski definition) is 4. The van der Waals surface area contributed by atoms with Crippen LogP contribution in [0.2, 0.25) is 0 Å². The number of rotatable bonds is 4. The van der Waals surface area contributed by atoms with Crippen LogP contribution in [0.3, 0.4) is 0 Å². The van der Waals surface area contributed by atoms with E-state index in [1.54, 1.807) is 35.6 Å². The van der Waals surface area contributed by atoms with Gasteiger partial charge < -0.3 is 10.4 Å². The number of aromatic nitrogens is 2. The molecular formula is C16H20FN3OS. The predicted molar refractivity (Wildman–Crippen MR) is 85.3 cm³/mol. The van der Waals surface area contributed by atoms with E-state index in [4.69, 9.17) is 0 Å². The van der Waals surface area contributed by atoms with Crippen LogP contribution in [0.4, 0.5) is 4.39 Å². The Morgan fingerprint density at radius 1 is 1.55 bits per heavy atom. The molecule has 0 saturated carbocycles. The van der Waals surface area contributed by atoms with E-state index in [0.29, 0.717) is 6.54 Å². The second-order valence-corrected chi connectivity index (χ2v) is 7.07. The number of hydrogen-bond donors (Lipinski definition) is 2. The molecule has 4 nitrogen and oxygen atoms in total. The van der Waals surface area contributed by atoms with Crippen LogP contribution in [-0.2, 0) is 12.6 Å². The minimum Gasteiger partial charge on any atom is -0.384 e. The van der Waals surface area contributed by atoms with E-state index >= 15 is 0 Å². The molecule has 1 aliphatic rings. The molecule has 1 aromatic heterocycles. The molecule has 0 spiro atoms. The van der Waals surface area contributed by atoms with Crippen molar-refractivity contribution in [3.63, 3.8) is 0 Å². The fourth-order valence-corrected chi connectivity index (χ4v) is 3.81. The first-order chi connectivity index (χ1) is 10.5. The average Bonchev–Trinajstić information content (AvgIpc) is 2.92. The van der Waals surface area contributed by atoms with Crippen molar-refractivity contribution >= 4 is 11.8 Å². The fourth-order valence-electron chi connectivity index (χ4n) is 2.70. The average molecular weight is 321 g/mol. The van der Waals surface area contributed by atoms with Crippen molar-refractivity contribution in [2.45, 2.75) is 29.9 Å². The van der Waals surface area contributed by atoms with Crippen LogP contribution in [0, 0.1) is 5.82 Å². The van der Waals surface area contributed by atoms with Crippen molar-refractivity contribution in [3.8, 4) is 0 Å². The molecule has 3 rings (SSSR count). The summed E-state index contributed by atoms with van der Waals surface area (Å²) in [6.45, 7) is 2.16. The number of benzene rings is 1. The molecule has 0 saturated heterocycles. The van der Waals surface area contributed by atoms with Gasteiger partial charge in [-0.3, -0.25) is 4.68 Å². The monoisotopic (exact) mass is 321 g/mol. The zero-order valence-electron chi connectivity index (χ0n) is 12.7. The SMILES string of the molecule is Cn1cc(C(C)(O)CNC2CCSc3ccc(F)cc32)cn1. The molecule has 22 heavy (non-hydrogen) atoms. The van der Waals surface area contributed by atoms with Crippen LogP contribution in [0.25, 0.3) is 0 Å². The summed E-state index contributed by atoms with van der Waals surface area (Å²) < 4.78 is 15.2. The van der Waals surface area contributed by atoms with E-state index in [1.807, 2.05) is 19.3 Å². The number of nitrogens with one attached hydrogen (secondary N) is 1. The summed E-state index contributed by atoms with van der Waals surface area (Å²) in [6.07, 6.45) is 4.41. The van der Waals surface area contributed by atoms with Crippen molar-refractivity contribution in [1.29, 1.82) is 0 Å². The molecule has 0 amide bonds. The number of thioether (sulfide) groups is 1. The quantitative estimate of drug-likeness (QED) is 0.909. The lowest BCUT2D eigenvalue weighted by Crippen LogP contribution is -2.38. The zero-order valence-corrected chi connectivity index (χ0v) is 13.5. The smallest absolute Gasteiger partial charge is 0.123 e. The normalized spacial score (nSPS) is 20.5. The van der Waals surface area contributed by atoms with E-state index in [-0.39, 0.29) is 11.9 Å². The maximum atomic E-state index is 13.5. The van der Waals surface area contributed by atoms with Gasteiger partial charge in [-0.2, -0.15) is 5.10 Å². The highest BCUT2D eigenvalue weighted by Crippen LogP contribution is 2.36. The summed E-state index contributed by atoms with van der Waals surface area (Å²) in [6, 6.07) is 5.00. The maximum absolute atomic E-state index is 13.5. The molecule has 2 atom stereocenters. The molecule has 2 N–H and O–H groups in total. The second kappa shape index (κ2) is 6.02. The Morgan fingerprint density at radius 2 is 2.36 bits per heavy atom. The predicted octanol–water partition coefficient (Wildman–Crippen LogP) is 2.59. The van der Waals surface area contributed by atoms with Gasteiger partial charge in [0.15, 0.2) is 0 Å². The summed E-state index contributed by atoms with van der Waals surface area (Å²) in [7, 11) is 1.82. The van der Waals surface area contributed by atoms with E-state index in [2.05, 4.69) is 10.4 Å². The lowest BCUT2D eigenvalue weighted by molar-refractivity contribution is 0.0534. The van der Waals surface area contributed by atoms with Gasteiger partial charge in [-0.05, 0) is 42.9 Å². The molecule has 0 bridgehead atoms. The van der Waals surface area contributed by atoms with Crippen molar-refractivity contribution in [2.75, 3.05) is 12.3 Å². The van der Waals surface area contributed by atoms with Crippen LogP contribution in [-0.4, -0.2) is 27.2 Å². The summed E-state index contributed by atoms with van der Waals surface area (Å²) in [4.78, 5) is 1.12. The molecule has 0 aliphatic carbocycles. The summed E-state index contributed by atoms with van der Waals surface area (Å²) in [5.41, 5.74) is 0.747. The van der Waals surface area contributed by atoms with Crippen LogP contribution < -0.4 is 5.32 Å². The third-order valence-corrected chi connectivity index (χ3v) is 5.15. The Labute approximate surface area is 133 Å². The molecule has 2 heterocycles. The topological polar surface area (TPSA) is 50.1 Å². The van der Waals surface area contributed by atoms with E-state index < -0.39 is 5.60 Å². The molecule has 118 valence electrons. The minimum absolute atomic E-state index is 0.0649. The van der Waals surface area contributed by atoms with Crippen molar-refractivity contribution in [3.05, 3.63) is 47.5 Å². The van der Waals surface area contributed by atoms with E-state index in [9.17, 15) is 9.50 Å². The molecule has 6 heteroatoms. The molecule has 2 aromatic rings. The lowest BCUT2D eigenvalue weighted by Gasteiger charge is -2.30.